The number of fused-ring (bicyclic) bond motifs is 3. The van der Waals surface area contributed by atoms with Gasteiger partial charge in [0.2, 0.25) is 0 Å². The monoisotopic (exact) mass is 395 g/mol. The predicted octanol–water partition coefficient (Wildman–Crippen LogP) is 4.48. The van der Waals surface area contributed by atoms with Crippen molar-refractivity contribution in [3.63, 3.8) is 0 Å². The van der Waals surface area contributed by atoms with Gasteiger partial charge in [0.05, 0.1) is 23.3 Å². The fourth-order valence-electron chi connectivity index (χ4n) is 3.10. The maximum Gasteiger partial charge on any atom is 0.338 e. The van der Waals surface area contributed by atoms with Crippen molar-refractivity contribution in [1.82, 2.24) is 0 Å². The molecule has 0 unspecified atom stereocenters. The summed E-state index contributed by atoms with van der Waals surface area (Å²) in [6, 6.07) is 17.1. The van der Waals surface area contributed by atoms with Gasteiger partial charge in [-0.2, -0.15) is 0 Å². The van der Waals surface area contributed by atoms with Crippen LogP contribution in [0, 0.1) is 6.92 Å². The third-order valence-electron chi connectivity index (χ3n) is 4.56. The number of carbonyl (C=O) groups excluding carboxylic acids is 1. The second-order valence-corrected chi connectivity index (χ2v) is 8.07. The summed E-state index contributed by atoms with van der Waals surface area (Å²) in [5.41, 5.74) is 2.53. The number of hydrogen-bond donors (Lipinski definition) is 1. The number of para-hydroxylation sites is 1. The van der Waals surface area contributed by atoms with Crippen LogP contribution in [0.5, 0.6) is 0 Å². The molecule has 0 saturated heterocycles. The highest BCUT2D eigenvalue weighted by molar-refractivity contribution is 7.92. The number of hydrogen-bond acceptors (Lipinski definition) is 5. The number of rotatable bonds is 4. The molecule has 0 aliphatic carbocycles. The summed E-state index contributed by atoms with van der Waals surface area (Å²) in [5, 5.41) is 1.87. The Kier molecular flexibility index (Phi) is 4.31. The number of esters is 1. The number of carbonyl (C=O) groups is 1. The van der Waals surface area contributed by atoms with Crippen LogP contribution in [0.1, 0.15) is 15.9 Å². The van der Waals surface area contributed by atoms with Crippen LogP contribution in [-0.4, -0.2) is 21.5 Å². The van der Waals surface area contributed by atoms with Crippen LogP contribution in [0.25, 0.3) is 21.9 Å². The Hall–Kier alpha value is -3.32. The van der Waals surface area contributed by atoms with Crippen LogP contribution in [0.3, 0.4) is 0 Å². The summed E-state index contributed by atoms with van der Waals surface area (Å²) in [6.07, 6.45) is 0. The van der Waals surface area contributed by atoms with Crippen LogP contribution >= 0.6 is 0 Å². The number of methoxy groups -OCH3 is 1. The average Bonchev–Trinajstić information content (AvgIpc) is 3.05. The van der Waals surface area contributed by atoms with Crippen molar-refractivity contribution in [3.8, 4) is 0 Å². The molecule has 0 aliphatic rings. The number of nitrogens with one attached hydrogen (secondary N) is 1. The van der Waals surface area contributed by atoms with Crippen LogP contribution < -0.4 is 4.72 Å². The summed E-state index contributed by atoms with van der Waals surface area (Å²) in [5.74, 6) is -0.585. The molecule has 28 heavy (non-hydrogen) atoms. The predicted molar refractivity (Wildman–Crippen MR) is 107 cm³/mol. The van der Waals surface area contributed by atoms with Gasteiger partial charge >= 0.3 is 5.97 Å². The first-order valence-corrected chi connectivity index (χ1v) is 10.0. The van der Waals surface area contributed by atoms with E-state index in [0.29, 0.717) is 16.8 Å². The number of ether oxygens (including phenoxy) is 1. The first kappa shape index (κ1) is 18.1. The minimum atomic E-state index is -3.89. The number of aryl methyl sites for hydroxylation is 1. The van der Waals surface area contributed by atoms with E-state index in [1.54, 1.807) is 25.1 Å². The van der Waals surface area contributed by atoms with Gasteiger partial charge in [-0.25, -0.2) is 13.2 Å². The molecule has 0 bridgehead atoms. The van der Waals surface area contributed by atoms with E-state index in [1.807, 2.05) is 30.3 Å². The third-order valence-corrected chi connectivity index (χ3v) is 5.93. The minimum absolute atomic E-state index is 0.0248. The lowest BCUT2D eigenvalue weighted by molar-refractivity contribution is 0.0599. The van der Waals surface area contributed by atoms with Crippen molar-refractivity contribution < 1.29 is 22.4 Å². The normalized spacial score (nSPS) is 11.6. The van der Waals surface area contributed by atoms with E-state index >= 15 is 0 Å². The Morgan fingerprint density at radius 2 is 1.71 bits per heavy atom. The molecule has 1 N–H and O–H groups in total. The standard InChI is InChI=1S/C21H17NO5S/c1-13-7-9-15(12-18(13)21(23)26-2)28(24,25)22-14-8-10-17-16-5-3-4-6-19(16)27-20(17)11-14/h3-12,22H,1-2H3. The Bertz CT molecular complexity index is 1320. The molecule has 3 aromatic carbocycles. The van der Waals surface area contributed by atoms with Gasteiger partial charge in [0, 0.05) is 16.8 Å². The highest BCUT2D eigenvalue weighted by Crippen LogP contribution is 2.31. The maximum atomic E-state index is 12.8. The molecule has 0 fully saturated rings. The zero-order valence-electron chi connectivity index (χ0n) is 15.2. The summed E-state index contributed by atoms with van der Waals surface area (Å²) >= 11 is 0. The molecule has 0 amide bonds. The van der Waals surface area contributed by atoms with Crippen LogP contribution in [-0.2, 0) is 14.8 Å². The van der Waals surface area contributed by atoms with Gasteiger partial charge in [-0.3, -0.25) is 4.72 Å². The molecular weight excluding hydrogens is 378 g/mol. The van der Waals surface area contributed by atoms with Gasteiger partial charge in [-0.15, -0.1) is 0 Å². The average molecular weight is 395 g/mol. The van der Waals surface area contributed by atoms with Gasteiger partial charge < -0.3 is 9.15 Å². The second-order valence-electron chi connectivity index (χ2n) is 6.38. The quantitative estimate of drug-likeness (QED) is 0.515. The van der Waals surface area contributed by atoms with Crippen LogP contribution in [0.15, 0.2) is 70.0 Å². The van der Waals surface area contributed by atoms with Gasteiger partial charge in [0.1, 0.15) is 11.2 Å². The fourth-order valence-corrected chi connectivity index (χ4v) is 4.18. The molecule has 142 valence electrons. The molecule has 0 aliphatic heterocycles. The molecule has 0 saturated carbocycles. The fraction of sp³-hybridized carbons (Fsp3) is 0.0952. The highest BCUT2D eigenvalue weighted by atomic mass is 32.2. The SMILES string of the molecule is COC(=O)c1cc(S(=O)(=O)Nc2ccc3c(c2)oc2ccccc23)ccc1C. The zero-order valence-corrected chi connectivity index (χ0v) is 16.0. The van der Waals surface area contributed by atoms with E-state index in [1.165, 1.54) is 19.2 Å². The van der Waals surface area contributed by atoms with Crippen molar-refractivity contribution in [2.45, 2.75) is 11.8 Å². The van der Waals surface area contributed by atoms with Crippen molar-refractivity contribution in [1.29, 1.82) is 0 Å². The lowest BCUT2D eigenvalue weighted by Gasteiger charge is -2.10. The number of benzene rings is 3. The number of anilines is 1. The van der Waals surface area contributed by atoms with Crippen molar-refractivity contribution in [3.05, 3.63) is 71.8 Å². The molecule has 4 rings (SSSR count). The Balaban J connectivity index is 1.71. The first-order valence-electron chi connectivity index (χ1n) is 8.52. The van der Waals surface area contributed by atoms with Gasteiger partial charge in [-0.1, -0.05) is 24.3 Å². The van der Waals surface area contributed by atoms with E-state index in [9.17, 15) is 13.2 Å². The summed E-state index contributed by atoms with van der Waals surface area (Å²) in [6.45, 7) is 1.71. The lowest BCUT2D eigenvalue weighted by atomic mass is 10.1. The van der Waals surface area contributed by atoms with Crippen molar-refractivity contribution in [2.24, 2.45) is 0 Å². The van der Waals surface area contributed by atoms with Crippen molar-refractivity contribution in [2.75, 3.05) is 11.8 Å². The Morgan fingerprint density at radius 1 is 0.964 bits per heavy atom. The Morgan fingerprint density at radius 3 is 2.50 bits per heavy atom. The summed E-state index contributed by atoms with van der Waals surface area (Å²) < 4.78 is 38.6. The maximum absolute atomic E-state index is 12.8. The van der Waals surface area contributed by atoms with Crippen LogP contribution in [0.2, 0.25) is 0 Å². The minimum Gasteiger partial charge on any atom is -0.465 e. The number of furan rings is 1. The van der Waals surface area contributed by atoms with E-state index in [-0.39, 0.29) is 10.5 Å². The van der Waals surface area contributed by atoms with E-state index < -0.39 is 16.0 Å². The smallest absolute Gasteiger partial charge is 0.338 e. The molecule has 7 heteroatoms. The summed E-state index contributed by atoms with van der Waals surface area (Å²) in [7, 11) is -2.64. The van der Waals surface area contributed by atoms with E-state index in [0.717, 1.165) is 16.4 Å². The van der Waals surface area contributed by atoms with Gasteiger partial charge in [0.15, 0.2) is 0 Å². The van der Waals surface area contributed by atoms with Gasteiger partial charge in [-0.05, 0) is 42.8 Å². The van der Waals surface area contributed by atoms with E-state index in [4.69, 9.17) is 9.15 Å². The van der Waals surface area contributed by atoms with Crippen molar-refractivity contribution >= 4 is 43.6 Å². The van der Waals surface area contributed by atoms with E-state index in [2.05, 4.69) is 4.72 Å². The Labute approximate surface area is 161 Å². The van der Waals surface area contributed by atoms with Crippen LogP contribution in [0.4, 0.5) is 5.69 Å². The molecule has 4 aromatic rings. The largest absolute Gasteiger partial charge is 0.465 e. The lowest BCUT2D eigenvalue weighted by Crippen LogP contribution is -2.14. The highest BCUT2D eigenvalue weighted by Gasteiger charge is 2.19. The topological polar surface area (TPSA) is 85.6 Å². The molecule has 0 atom stereocenters. The summed E-state index contributed by atoms with van der Waals surface area (Å²) in [4.78, 5) is 11.8. The zero-order chi connectivity index (χ0) is 19.9. The molecule has 0 spiro atoms. The van der Waals surface area contributed by atoms with Gasteiger partial charge in [0.25, 0.3) is 10.0 Å². The molecular formula is C21H17NO5S. The second kappa shape index (κ2) is 6.69. The third kappa shape index (κ3) is 3.10. The molecule has 1 heterocycles. The number of sulfonamides is 1. The molecule has 1 aromatic heterocycles. The first-order chi connectivity index (χ1) is 13.4. The molecule has 6 nitrogen and oxygen atoms in total. The molecule has 0 radical (unpaired) electrons.